The molecule has 0 bridgehead atoms. The molecule has 27 heavy (non-hydrogen) atoms. The fourth-order valence-corrected chi connectivity index (χ4v) is 3.16. The molecule has 1 aliphatic heterocycles. The molecule has 8 heteroatoms. The molecule has 0 aliphatic carbocycles. The molecule has 1 fully saturated rings. The number of alkyl halides is 2. The van der Waals surface area contributed by atoms with Crippen molar-refractivity contribution in [2.45, 2.75) is 18.4 Å². The molecule has 3 aromatic rings. The summed E-state index contributed by atoms with van der Waals surface area (Å²) in [6.45, 7) is -0.0905. The summed E-state index contributed by atoms with van der Waals surface area (Å²) in [5, 5.41) is 8.25. The Kier molecular flexibility index (Phi) is 4.80. The molecule has 140 valence electrons. The molecule has 0 amide bonds. The van der Waals surface area contributed by atoms with Gasteiger partial charge in [0.15, 0.2) is 0 Å². The predicted molar refractivity (Wildman–Crippen MR) is 101 cm³/mol. The van der Waals surface area contributed by atoms with E-state index in [2.05, 4.69) is 20.6 Å². The van der Waals surface area contributed by atoms with E-state index in [1.807, 2.05) is 30.3 Å². The van der Waals surface area contributed by atoms with Gasteiger partial charge in [0, 0.05) is 24.0 Å². The highest BCUT2D eigenvalue weighted by atomic mass is 35.5. The van der Waals surface area contributed by atoms with Crippen LogP contribution in [0.4, 0.5) is 20.3 Å². The zero-order valence-electron chi connectivity index (χ0n) is 14.3. The summed E-state index contributed by atoms with van der Waals surface area (Å²) < 4.78 is 32.2. The molecule has 0 saturated carbocycles. The zero-order chi connectivity index (χ0) is 18.9. The molecule has 4 rings (SSSR count). The van der Waals surface area contributed by atoms with Crippen molar-refractivity contribution in [3.05, 3.63) is 53.9 Å². The maximum absolute atomic E-state index is 13.2. The van der Waals surface area contributed by atoms with Gasteiger partial charge in [-0.3, -0.25) is 0 Å². The van der Waals surface area contributed by atoms with Crippen LogP contribution in [0.25, 0.3) is 10.8 Å². The van der Waals surface area contributed by atoms with E-state index in [1.54, 1.807) is 18.5 Å². The molecule has 1 aliphatic rings. The lowest BCUT2D eigenvalue weighted by molar-refractivity contribution is 0.0196. The van der Waals surface area contributed by atoms with Gasteiger partial charge in [-0.1, -0.05) is 11.6 Å². The first-order valence-corrected chi connectivity index (χ1v) is 8.88. The van der Waals surface area contributed by atoms with Crippen molar-refractivity contribution in [3.63, 3.8) is 0 Å². The molecule has 1 saturated heterocycles. The van der Waals surface area contributed by atoms with Crippen molar-refractivity contribution in [1.82, 2.24) is 15.3 Å². The van der Waals surface area contributed by atoms with E-state index in [-0.39, 0.29) is 25.6 Å². The van der Waals surface area contributed by atoms with Gasteiger partial charge < -0.3 is 15.4 Å². The van der Waals surface area contributed by atoms with E-state index in [0.29, 0.717) is 16.7 Å². The standard InChI is InChI=1S/C19H17ClF2N4O/c20-17-4-1-13(9-24-17)26-18-16-3-2-15(7-12(16)5-6-23-18)27-10-14-8-19(21,22)11-25-14/h1-7,9,14,25H,8,10-11H2,(H,23,26). The van der Waals surface area contributed by atoms with Crippen molar-refractivity contribution in [3.8, 4) is 5.75 Å². The highest BCUT2D eigenvalue weighted by Crippen LogP contribution is 2.29. The van der Waals surface area contributed by atoms with Gasteiger partial charge in [-0.15, -0.1) is 0 Å². The minimum Gasteiger partial charge on any atom is -0.492 e. The summed E-state index contributed by atoms with van der Waals surface area (Å²) in [5.41, 5.74) is 0.771. The Hall–Kier alpha value is -2.51. The second kappa shape index (κ2) is 7.25. The third kappa shape index (κ3) is 4.26. The third-order valence-corrected chi connectivity index (χ3v) is 4.60. The average Bonchev–Trinajstić information content (AvgIpc) is 3.01. The van der Waals surface area contributed by atoms with Crippen molar-refractivity contribution < 1.29 is 13.5 Å². The Morgan fingerprint density at radius 3 is 2.85 bits per heavy atom. The summed E-state index contributed by atoms with van der Waals surface area (Å²) in [6.07, 6.45) is 3.12. The number of ether oxygens (including phenoxy) is 1. The molecule has 2 N–H and O–H groups in total. The molecular weight excluding hydrogens is 374 g/mol. The number of hydrogen-bond acceptors (Lipinski definition) is 5. The van der Waals surface area contributed by atoms with E-state index in [1.165, 1.54) is 0 Å². The van der Waals surface area contributed by atoms with Crippen LogP contribution in [0.15, 0.2) is 48.8 Å². The molecule has 0 spiro atoms. The van der Waals surface area contributed by atoms with Crippen LogP contribution in [0.2, 0.25) is 5.15 Å². The monoisotopic (exact) mass is 390 g/mol. The molecule has 0 radical (unpaired) electrons. The highest BCUT2D eigenvalue weighted by molar-refractivity contribution is 6.29. The number of nitrogens with one attached hydrogen (secondary N) is 2. The summed E-state index contributed by atoms with van der Waals surface area (Å²) in [5.74, 6) is -1.34. The summed E-state index contributed by atoms with van der Waals surface area (Å²) in [7, 11) is 0. The van der Waals surface area contributed by atoms with Gasteiger partial charge in [-0.25, -0.2) is 18.7 Å². The largest absolute Gasteiger partial charge is 0.492 e. The van der Waals surface area contributed by atoms with Gasteiger partial charge >= 0.3 is 0 Å². The Bertz CT molecular complexity index is 952. The fourth-order valence-electron chi connectivity index (χ4n) is 3.05. The number of rotatable bonds is 5. The van der Waals surface area contributed by atoms with Crippen molar-refractivity contribution in [2.75, 3.05) is 18.5 Å². The number of nitrogens with zero attached hydrogens (tertiary/aromatic N) is 2. The van der Waals surface area contributed by atoms with E-state index in [9.17, 15) is 8.78 Å². The van der Waals surface area contributed by atoms with Crippen LogP contribution in [0.1, 0.15) is 6.42 Å². The van der Waals surface area contributed by atoms with Crippen LogP contribution in [-0.4, -0.2) is 35.1 Å². The Labute approximate surface area is 159 Å². The van der Waals surface area contributed by atoms with Gasteiger partial charge in [0.25, 0.3) is 5.92 Å². The first-order chi connectivity index (χ1) is 13.0. The van der Waals surface area contributed by atoms with Crippen molar-refractivity contribution in [1.29, 1.82) is 0 Å². The number of pyridine rings is 2. The molecule has 1 atom stereocenters. The topological polar surface area (TPSA) is 59.1 Å². The summed E-state index contributed by atoms with van der Waals surface area (Å²) in [4.78, 5) is 8.41. The lowest BCUT2D eigenvalue weighted by atomic mass is 10.1. The number of aromatic nitrogens is 2. The van der Waals surface area contributed by atoms with Gasteiger partial charge in [-0.05, 0) is 41.8 Å². The molecule has 1 aromatic carbocycles. The SMILES string of the molecule is FC1(F)CNC(COc2ccc3c(Nc4ccc(Cl)nc4)nccc3c2)C1. The minimum absolute atomic E-state index is 0.201. The van der Waals surface area contributed by atoms with Gasteiger partial charge in [-0.2, -0.15) is 0 Å². The number of hydrogen-bond donors (Lipinski definition) is 2. The number of halogens is 3. The number of fused-ring (bicyclic) bond motifs is 1. The second-order valence-corrected chi connectivity index (χ2v) is 6.87. The minimum atomic E-state index is -2.65. The number of anilines is 2. The molecular formula is C19H17ClF2N4O. The van der Waals surface area contributed by atoms with E-state index in [0.717, 1.165) is 16.5 Å². The van der Waals surface area contributed by atoms with E-state index < -0.39 is 5.92 Å². The maximum Gasteiger partial charge on any atom is 0.261 e. The normalized spacial score (nSPS) is 18.6. The predicted octanol–water partition coefficient (Wildman–Crippen LogP) is 4.40. The fraction of sp³-hybridized carbons (Fsp3) is 0.263. The summed E-state index contributed by atoms with van der Waals surface area (Å²) >= 11 is 5.81. The third-order valence-electron chi connectivity index (χ3n) is 4.37. The Morgan fingerprint density at radius 2 is 2.11 bits per heavy atom. The molecule has 3 heterocycles. The second-order valence-electron chi connectivity index (χ2n) is 6.49. The van der Waals surface area contributed by atoms with Crippen molar-refractivity contribution >= 4 is 33.9 Å². The lowest BCUT2D eigenvalue weighted by Gasteiger charge is -2.13. The van der Waals surface area contributed by atoms with Gasteiger partial charge in [0.1, 0.15) is 23.3 Å². The van der Waals surface area contributed by atoms with Gasteiger partial charge in [0.2, 0.25) is 0 Å². The van der Waals surface area contributed by atoms with Gasteiger partial charge in [0.05, 0.1) is 18.4 Å². The van der Waals surface area contributed by atoms with E-state index in [4.69, 9.17) is 16.3 Å². The molecule has 5 nitrogen and oxygen atoms in total. The smallest absolute Gasteiger partial charge is 0.261 e. The zero-order valence-corrected chi connectivity index (χ0v) is 15.0. The van der Waals surface area contributed by atoms with Crippen molar-refractivity contribution in [2.24, 2.45) is 0 Å². The van der Waals surface area contributed by atoms with Crippen LogP contribution in [0.5, 0.6) is 5.75 Å². The lowest BCUT2D eigenvalue weighted by Crippen LogP contribution is -2.28. The molecule has 2 aromatic heterocycles. The number of benzene rings is 1. The maximum atomic E-state index is 13.2. The molecule has 1 unspecified atom stereocenters. The van der Waals surface area contributed by atoms with E-state index >= 15 is 0 Å². The van der Waals surface area contributed by atoms with Crippen LogP contribution in [-0.2, 0) is 0 Å². The highest BCUT2D eigenvalue weighted by Gasteiger charge is 2.39. The van der Waals surface area contributed by atoms with Crippen LogP contribution in [0, 0.1) is 0 Å². The summed E-state index contributed by atoms with van der Waals surface area (Å²) in [6, 6.07) is 10.6. The van der Waals surface area contributed by atoms with Crippen LogP contribution >= 0.6 is 11.6 Å². The Balaban J connectivity index is 1.49. The van der Waals surface area contributed by atoms with Crippen LogP contribution in [0.3, 0.4) is 0 Å². The van der Waals surface area contributed by atoms with Crippen LogP contribution < -0.4 is 15.4 Å². The first-order valence-electron chi connectivity index (χ1n) is 8.50. The Morgan fingerprint density at radius 1 is 1.22 bits per heavy atom. The average molecular weight is 391 g/mol. The quantitative estimate of drug-likeness (QED) is 0.632. The first kappa shape index (κ1) is 17.9.